The molecule has 1 N–H and O–H groups in total. The van der Waals surface area contributed by atoms with E-state index >= 15 is 0 Å². The van der Waals surface area contributed by atoms with Crippen LogP contribution < -0.4 is 4.74 Å². The van der Waals surface area contributed by atoms with Crippen LogP contribution in [0.1, 0.15) is 59.6 Å². The first-order valence-electron chi connectivity index (χ1n) is 11.4. The zero-order valence-electron chi connectivity index (χ0n) is 21.2. The molecule has 182 valence electrons. The highest BCUT2D eigenvalue weighted by molar-refractivity contribution is 5.86. The lowest BCUT2D eigenvalue weighted by Gasteiger charge is -2.24. The summed E-state index contributed by atoms with van der Waals surface area (Å²) in [5.74, 6) is 0.0797. The molecule has 1 aromatic heterocycles. The topological polar surface area (TPSA) is 86.5 Å². The van der Waals surface area contributed by atoms with Crippen molar-refractivity contribution in [3.8, 4) is 11.4 Å². The molecular formula is C27H35N3O4. The Morgan fingerprint density at radius 1 is 1.15 bits per heavy atom. The van der Waals surface area contributed by atoms with Crippen molar-refractivity contribution in [2.45, 2.75) is 65.4 Å². The molecule has 0 spiro atoms. The number of esters is 1. The summed E-state index contributed by atoms with van der Waals surface area (Å²) in [6, 6.07) is 11.7. The van der Waals surface area contributed by atoms with Crippen molar-refractivity contribution in [3.63, 3.8) is 0 Å². The molecule has 0 fully saturated rings. The van der Waals surface area contributed by atoms with E-state index in [1.54, 1.807) is 11.7 Å². The van der Waals surface area contributed by atoms with Crippen LogP contribution in [0.5, 0.6) is 5.75 Å². The molecule has 2 aromatic carbocycles. The molecule has 3 rings (SSSR count). The first-order chi connectivity index (χ1) is 15.8. The zero-order valence-corrected chi connectivity index (χ0v) is 21.2. The van der Waals surface area contributed by atoms with E-state index in [9.17, 15) is 9.90 Å². The van der Waals surface area contributed by atoms with Gasteiger partial charge in [-0.3, -0.25) is 0 Å². The Morgan fingerprint density at radius 3 is 2.47 bits per heavy atom. The van der Waals surface area contributed by atoms with E-state index in [1.807, 2.05) is 51.1 Å². The number of carbonyl (C=O) groups is 1. The maximum atomic E-state index is 11.8. The Bertz CT molecular complexity index is 1200. The molecule has 7 heteroatoms. The molecule has 1 heterocycles. The number of aromatic nitrogens is 3. The number of benzene rings is 2. The summed E-state index contributed by atoms with van der Waals surface area (Å²) >= 11 is 0. The van der Waals surface area contributed by atoms with Crippen LogP contribution in [0.4, 0.5) is 0 Å². The number of rotatable bonds is 8. The molecule has 0 aliphatic heterocycles. The van der Waals surface area contributed by atoms with Crippen LogP contribution in [0.15, 0.2) is 48.6 Å². The highest BCUT2D eigenvalue weighted by Crippen LogP contribution is 2.33. The Kier molecular flexibility index (Phi) is 7.17. The second kappa shape index (κ2) is 9.58. The lowest BCUT2D eigenvalue weighted by molar-refractivity contribution is -0.141. The molecule has 3 aromatic rings. The van der Waals surface area contributed by atoms with Gasteiger partial charge in [0.05, 0.1) is 6.61 Å². The zero-order chi connectivity index (χ0) is 25.3. The Labute approximate surface area is 201 Å². The third-order valence-corrected chi connectivity index (χ3v) is 5.70. The summed E-state index contributed by atoms with van der Waals surface area (Å²) in [5, 5.41) is 19.4. The van der Waals surface area contributed by atoms with Gasteiger partial charge in [-0.2, -0.15) is 0 Å². The minimum atomic E-state index is -0.464. The molecule has 0 saturated carbocycles. The third-order valence-electron chi connectivity index (χ3n) is 5.70. The summed E-state index contributed by atoms with van der Waals surface area (Å²) in [5.41, 5.74) is 4.09. The van der Waals surface area contributed by atoms with Gasteiger partial charge in [0.1, 0.15) is 35.2 Å². The van der Waals surface area contributed by atoms with Crippen LogP contribution in [0.3, 0.4) is 0 Å². The smallest absolute Gasteiger partial charge is 0.333 e. The summed E-state index contributed by atoms with van der Waals surface area (Å²) in [6.45, 7) is 17.4. The van der Waals surface area contributed by atoms with E-state index in [0.717, 1.165) is 22.2 Å². The van der Waals surface area contributed by atoms with Gasteiger partial charge in [0.25, 0.3) is 0 Å². The molecule has 0 radical (unpaired) electrons. The Hall–Kier alpha value is -3.19. The predicted molar refractivity (Wildman–Crippen MR) is 134 cm³/mol. The van der Waals surface area contributed by atoms with Gasteiger partial charge in [0, 0.05) is 11.0 Å². The van der Waals surface area contributed by atoms with E-state index in [4.69, 9.17) is 19.7 Å². The monoisotopic (exact) mass is 465 g/mol. The van der Waals surface area contributed by atoms with E-state index in [1.165, 1.54) is 0 Å². The number of hydrogen-bond donors (Lipinski definition) is 1. The molecule has 0 saturated heterocycles. The second-order valence-corrected chi connectivity index (χ2v) is 10.4. The van der Waals surface area contributed by atoms with E-state index < -0.39 is 17.5 Å². The molecule has 1 atom stereocenters. The highest BCUT2D eigenvalue weighted by atomic mass is 16.6. The summed E-state index contributed by atoms with van der Waals surface area (Å²) in [6.07, 6.45) is -0.426. The lowest BCUT2D eigenvalue weighted by atomic mass is 9.85. The molecule has 0 amide bonds. The van der Waals surface area contributed by atoms with E-state index in [0.29, 0.717) is 17.0 Å². The third kappa shape index (κ3) is 5.47. The van der Waals surface area contributed by atoms with Gasteiger partial charge in [0.15, 0.2) is 0 Å². The molecule has 1 unspecified atom stereocenters. The summed E-state index contributed by atoms with van der Waals surface area (Å²) < 4.78 is 11.5. The average Bonchev–Trinajstić information content (AvgIpc) is 3.20. The van der Waals surface area contributed by atoms with Crippen molar-refractivity contribution in [3.05, 3.63) is 59.7 Å². The first kappa shape index (κ1) is 25.4. The highest BCUT2D eigenvalue weighted by Gasteiger charge is 2.24. The fourth-order valence-corrected chi connectivity index (χ4v) is 3.50. The van der Waals surface area contributed by atoms with Crippen LogP contribution in [0, 0.1) is 0 Å². The summed E-state index contributed by atoms with van der Waals surface area (Å²) in [4.78, 5) is 13.4. The minimum Gasteiger partial charge on any atom is -0.485 e. The largest absolute Gasteiger partial charge is 0.485 e. The van der Waals surface area contributed by atoms with E-state index in [-0.39, 0.29) is 18.6 Å². The normalized spacial score (nSPS) is 13.1. The quantitative estimate of drug-likeness (QED) is 0.377. The van der Waals surface area contributed by atoms with Gasteiger partial charge in [-0.15, -0.1) is 15.0 Å². The number of aliphatic hydroxyl groups is 1. The van der Waals surface area contributed by atoms with Crippen LogP contribution >= 0.6 is 0 Å². The van der Waals surface area contributed by atoms with Crippen LogP contribution in [0.25, 0.3) is 16.7 Å². The first-order valence-corrected chi connectivity index (χ1v) is 11.4. The van der Waals surface area contributed by atoms with Crippen molar-refractivity contribution < 1.29 is 19.4 Å². The van der Waals surface area contributed by atoms with Gasteiger partial charge >= 0.3 is 5.97 Å². The predicted octanol–water partition coefficient (Wildman–Crippen LogP) is 4.87. The number of ether oxygens (including phenoxy) is 2. The SMILES string of the molecule is C=C(C)C(=O)OCC(C)Oc1cc(C(C)(C)CO)ccc1-n1nc2cccc(C(C)(C)C)c2n1. The fourth-order valence-electron chi connectivity index (χ4n) is 3.50. The van der Waals surface area contributed by atoms with Crippen LogP contribution in [0.2, 0.25) is 0 Å². The molecular weight excluding hydrogens is 430 g/mol. The Balaban J connectivity index is 2.05. The molecule has 34 heavy (non-hydrogen) atoms. The van der Waals surface area contributed by atoms with Crippen LogP contribution in [-0.4, -0.2) is 45.4 Å². The molecule has 7 nitrogen and oxygen atoms in total. The van der Waals surface area contributed by atoms with Crippen molar-refractivity contribution in [1.29, 1.82) is 0 Å². The van der Waals surface area contributed by atoms with Gasteiger partial charge in [-0.05, 0) is 48.6 Å². The fraction of sp³-hybridized carbons (Fsp3) is 0.444. The van der Waals surface area contributed by atoms with Crippen molar-refractivity contribution in [2.75, 3.05) is 13.2 Å². The maximum absolute atomic E-state index is 11.8. The Morgan fingerprint density at radius 2 is 1.85 bits per heavy atom. The van der Waals surface area contributed by atoms with Crippen molar-refractivity contribution in [1.82, 2.24) is 15.0 Å². The standard InChI is InChI=1S/C27H35N3O4/c1-17(2)25(32)33-15-18(3)34-23-14-19(27(7,8)16-31)12-13-22(23)30-28-21-11-9-10-20(24(21)29-30)26(4,5)6/h9-14,18,31H,1,15-16H2,2-8H3. The van der Waals surface area contributed by atoms with Gasteiger partial charge in [-0.25, -0.2) is 4.79 Å². The number of fused-ring (bicyclic) bond motifs is 1. The number of carbonyl (C=O) groups excluding carboxylic acids is 1. The minimum absolute atomic E-state index is 0.0174. The van der Waals surface area contributed by atoms with Gasteiger partial charge in [-0.1, -0.05) is 59.4 Å². The number of nitrogens with zero attached hydrogens (tertiary/aromatic N) is 3. The molecule has 0 aliphatic rings. The summed E-state index contributed by atoms with van der Waals surface area (Å²) in [7, 11) is 0. The average molecular weight is 466 g/mol. The number of hydrogen-bond acceptors (Lipinski definition) is 6. The lowest BCUT2D eigenvalue weighted by Crippen LogP contribution is -2.24. The number of aliphatic hydroxyl groups excluding tert-OH is 1. The van der Waals surface area contributed by atoms with Gasteiger partial charge < -0.3 is 14.6 Å². The van der Waals surface area contributed by atoms with Crippen molar-refractivity contribution in [2.24, 2.45) is 0 Å². The van der Waals surface area contributed by atoms with Crippen LogP contribution in [-0.2, 0) is 20.4 Å². The second-order valence-electron chi connectivity index (χ2n) is 10.4. The van der Waals surface area contributed by atoms with Crippen molar-refractivity contribution >= 4 is 17.0 Å². The molecule has 0 aliphatic carbocycles. The van der Waals surface area contributed by atoms with Gasteiger partial charge in [0.2, 0.25) is 0 Å². The van der Waals surface area contributed by atoms with E-state index in [2.05, 4.69) is 33.4 Å². The molecule has 0 bridgehead atoms. The maximum Gasteiger partial charge on any atom is 0.333 e.